The number of carbonyl (C=O) groups excluding carboxylic acids is 3. The Morgan fingerprint density at radius 1 is 1.13 bits per heavy atom. The summed E-state index contributed by atoms with van der Waals surface area (Å²) in [6.45, 7) is 4.64. The number of carbonyl (C=O) groups is 3. The Balaban J connectivity index is 0.000000170. The second-order valence-corrected chi connectivity index (χ2v) is 12.3. The van der Waals surface area contributed by atoms with Crippen molar-refractivity contribution in [3.63, 3.8) is 0 Å². The van der Waals surface area contributed by atoms with Crippen LogP contribution in [0, 0.1) is 23.2 Å². The number of hydrogen-bond acceptors (Lipinski definition) is 7. The monoisotopic (exact) mass is 538 g/mol. The first-order valence-corrected chi connectivity index (χ1v) is 14.7. The van der Waals surface area contributed by atoms with Crippen LogP contribution in [0.3, 0.4) is 0 Å². The molecule has 0 bridgehead atoms. The van der Waals surface area contributed by atoms with Crippen molar-refractivity contribution >= 4 is 30.1 Å². The van der Waals surface area contributed by atoms with Crippen LogP contribution in [0.2, 0.25) is 0 Å². The third-order valence-corrected chi connectivity index (χ3v) is 10.4. The number of aliphatic hydroxyl groups is 1. The van der Waals surface area contributed by atoms with E-state index in [9.17, 15) is 19.5 Å². The molecule has 0 aromatic heterocycles. The minimum atomic E-state index is -0.943. The highest BCUT2D eigenvalue weighted by Gasteiger charge is 2.60. The summed E-state index contributed by atoms with van der Waals surface area (Å²) in [6, 6.07) is 7.45. The van der Waals surface area contributed by atoms with E-state index in [1.54, 1.807) is 12.2 Å². The lowest BCUT2D eigenvalue weighted by Gasteiger charge is -2.55. The molecule has 6 rings (SSSR count). The van der Waals surface area contributed by atoms with Crippen LogP contribution in [0.25, 0.3) is 0 Å². The Hall–Kier alpha value is -2.42. The van der Waals surface area contributed by atoms with Gasteiger partial charge in [-0.15, -0.1) is 0 Å². The van der Waals surface area contributed by atoms with Crippen LogP contribution >= 0.6 is 11.9 Å². The number of fused-ring (bicyclic) bond motifs is 5. The molecule has 1 heterocycles. The van der Waals surface area contributed by atoms with E-state index in [-0.39, 0.29) is 29.1 Å². The maximum Gasteiger partial charge on any atom is 0.293 e. The summed E-state index contributed by atoms with van der Waals surface area (Å²) in [7, 11) is 0. The molecule has 5 aliphatic rings. The van der Waals surface area contributed by atoms with Crippen molar-refractivity contribution in [3.05, 3.63) is 53.6 Å². The van der Waals surface area contributed by atoms with Crippen molar-refractivity contribution in [3.8, 4) is 0 Å². The van der Waals surface area contributed by atoms with Crippen molar-refractivity contribution in [2.45, 2.75) is 74.9 Å². The zero-order valence-electron chi connectivity index (χ0n) is 22.0. The predicted molar refractivity (Wildman–Crippen MR) is 146 cm³/mol. The highest BCUT2D eigenvalue weighted by atomic mass is 32.2. The largest absolute Gasteiger partial charge is 0.464 e. The van der Waals surface area contributed by atoms with Crippen molar-refractivity contribution in [2.24, 2.45) is 28.3 Å². The molecule has 1 aromatic carbocycles. The van der Waals surface area contributed by atoms with Gasteiger partial charge >= 0.3 is 0 Å². The van der Waals surface area contributed by atoms with Gasteiger partial charge in [0.1, 0.15) is 11.7 Å². The number of hydrogen-bond donors (Lipinski definition) is 2. The van der Waals surface area contributed by atoms with E-state index in [4.69, 9.17) is 9.88 Å². The molecule has 6 unspecified atom stereocenters. The fourth-order valence-corrected chi connectivity index (χ4v) is 8.16. The van der Waals surface area contributed by atoms with E-state index in [2.05, 4.69) is 6.92 Å². The van der Waals surface area contributed by atoms with Gasteiger partial charge in [-0.25, -0.2) is 0 Å². The summed E-state index contributed by atoms with van der Waals surface area (Å²) in [5, 5.41) is 16.7. The molecule has 4 aliphatic carbocycles. The Kier molecular flexibility index (Phi) is 7.85. The van der Waals surface area contributed by atoms with Gasteiger partial charge in [0.15, 0.2) is 5.78 Å². The Bertz CT molecular complexity index is 1130. The number of nitrogens with zero attached hydrogens (tertiary/aromatic N) is 1. The van der Waals surface area contributed by atoms with Gasteiger partial charge in [-0.3, -0.25) is 19.5 Å². The first-order valence-electron chi connectivity index (χ1n) is 13.8. The molecule has 3 N–H and O–H groups in total. The molecule has 1 saturated heterocycles. The lowest BCUT2D eigenvalue weighted by molar-refractivity contribution is -0.146. The molecule has 4 fully saturated rings. The summed E-state index contributed by atoms with van der Waals surface area (Å²) in [5.74, 6) is 1.24. The fourth-order valence-electron chi connectivity index (χ4n) is 7.87. The maximum atomic E-state index is 11.9. The first kappa shape index (κ1) is 27.2. The summed E-state index contributed by atoms with van der Waals surface area (Å²) >= 11 is 1.20. The Morgan fingerprint density at radius 2 is 1.87 bits per heavy atom. The van der Waals surface area contributed by atoms with Crippen LogP contribution in [-0.4, -0.2) is 53.0 Å². The lowest BCUT2D eigenvalue weighted by Crippen LogP contribution is -2.54. The van der Waals surface area contributed by atoms with Crippen LogP contribution < -0.4 is 5.14 Å². The minimum Gasteiger partial charge on any atom is -0.464 e. The fraction of sp³-hybridized carbons (Fsp3) is 0.567. The van der Waals surface area contributed by atoms with E-state index in [1.807, 2.05) is 29.2 Å². The van der Waals surface area contributed by atoms with Gasteiger partial charge in [0, 0.05) is 29.0 Å². The number of ether oxygens (including phenoxy) is 1. The molecule has 7 nitrogen and oxygen atoms in total. The van der Waals surface area contributed by atoms with Gasteiger partial charge in [0.2, 0.25) is 0 Å². The molecule has 8 heteroatoms. The average molecular weight is 539 g/mol. The predicted octanol–water partition coefficient (Wildman–Crippen LogP) is 4.45. The van der Waals surface area contributed by atoms with Gasteiger partial charge in [-0.05, 0) is 129 Å². The van der Waals surface area contributed by atoms with Crippen molar-refractivity contribution in [1.29, 1.82) is 0 Å². The molecule has 38 heavy (non-hydrogen) atoms. The van der Waals surface area contributed by atoms with Crippen LogP contribution in [0.1, 0.15) is 68.6 Å². The molecule has 1 amide bonds. The van der Waals surface area contributed by atoms with Gasteiger partial charge in [-0.1, -0.05) is 6.92 Å². The Labute approximate surface area is 229 Å². The van der Waals surface area contributed by atoms with Crippen LogP contribution in [0.15, 0.2) is 53.0 Å². The van der Waals surface area contributed by atoms with Crippen molar-refractivity contribution in [2.75, 3.05) is 13.1 Å². The van der Waals surface area contributed by atoms with Crippen LogP contribution in [-0.2, 0) is 14.3 Å². The molecular weight excluding hydrogens is 500 g/mol. The standard InChI is InChI=1S/C19H24O4.C11H14N2OS/c1-18-8-7-16-14(15(18)4-5-17(18)23-11-20)3-2-12-10-13(21)6-9-19(12,16)22;12-15-10-5-3-9(4-6-10)11(14)13-7-1-2-8-13/h6,9-11,14-17,22H,2-5,7-8H2,1H3;3-6H,1-2,7-8,12H2. The summed E-state index contributed by atoms with van der Waals surface area (Å²) < 4.78 is 5.39. The number of likely N-dealkylation sites (tertiary alicyclic amines) is 1. The Morgan fingerprint density at radius 3 is 2.55 bits per heavy atom. The summed E-state index contributed by atoms with van der Waals surface area (Å²) in [6.07, 6.45) is 12.9. The summed E-state index contributed by atoms with van der Waals surface area (Å²) in [5.41, 5.74) is 0.749. The highest BCUT2D eigenvalue weighted by Crippen LogP contribution is 2.62. The average Bonchev–Trinajstić information content (AvgIpc) is 3.58. The van der Waals surface area contributed by atoms with Gasteiger partial charge in [-0.2, -0.15) is 0 Å². The third-order valence-electron chi connectivity index (χ3n) is 9.85. The van der Waals surface area contributed by atoms with E-state index in [1.165, 1.54) is 18.0 Å². The number of amides is 1. The number of rotatable bonds is 4. The third kappa shape index (κ3) is 4.87. The van der Waals surface area contributed by atoms with Gasteiger partial charge in [0.05, 0.1) is 0 Å². The second-order valence-electron chi connectivity index (χ2n) is 11.6. The SMILES string of the molecule is CC12CCC3C(CCC4=CC(=O)C=CC43O)C1CCC2OC=O.NSc1ccc(C(=O)N2CCCC2)cc1. The highest BCUT2D eigenvalue weighted by molar-refractivity contribution is 7.97. The van der Waals surface area contributed by atoms with E-state index < -0.39 is 5.60 Å². The van der Waals surface area contributed by atoms with E-state index in [0.717, 1.165) is 80.5 Å². The summed E-state index contributed by atoms with van der Waals surface area (Å²) in [4.78, 5) is 37.3. The van der Waals surface area contributed by atoms with Gasteiger partial charge in [0.25, 0.3) is 12.4 Å². The quantitative estimate of drug-likeness (QED) is 0.431. The maximum absolute atomic E-state index is 11.9. The normalized spacial score (nSPS) is 35.3. The molecule has 3 saturated carbocycles. The smallest absolute Gasteiger partial charge is 0.293 e. The molecule has 0 spiro atoms. The van der Waals surface area contributed by atoms with Crippen molar-refractivity contribution in [1.82, 2.24) is 4.90 Å². The van der Waals surface area contributed by atoms with E-state index >= 15 is 0 Å². The zero-order chi connectivity index (χ0) is 26.9. The zero-order valence-corrected chi connectivity index (χ0v) is 22.8. The molecule has 204 valence electrons. The number of benzene rings is 1. The topological polar surface area (TPSA) is 110 Å². The molecule has 6 atom stereocenters. The minimum absolute atomic E-state index is 0.0101. The van der Waals surface area contributed by atoms with Gasteiger partial charge < -0.3 is 14.7 Å². The molecule has 1 aliphatic heterocycles. The first-order chi connectivity index (χ1) is 18.3. The number of ketones is 1. The van der Waals surface area contributed by atoms with Crippen LogP contribution in [0.5, 0.6) is 0 Å². The van der Waals surface area contributed by atoms with E-state index in [0.29, 0.717) is 18.3 Å². The van der Waals surface area contributed by atoms with Crippen LogP contribution in [0.4, 0.5) is 0 Å². The number of allylic oxidation sites excluding steroid dienone is 2. The lowest BCUT2D eigenvalue weighted by atomic mass is 9.51. The molecular formula is C30H38N2O5S. The van der Waals surface area contributed by atoms with Crippen molar-refractivity contribution < 1.29 is 24.2 Å². The molecule has 1 aromatic rings. The second kappa shape index (κ2) is 11.0. The number of nitrogens with two attached hydrogens (primary N) is 1. The molecule has 0 radical (unpaired) electrons.